The lowest BCUT2D eigenvalue weighted by Gasteiger charge is -2.18. The zero-order valence-corrected chi connectivity index (χ0v) is 15.6. The SMILES string of the molecule is CCOC(=O)CC(NC(=O)CNC(=O)OCc1ccccc1)c1cccnc1. The van der Waals surface area contributed by atoms with E-state index >= 15 is 0 Å². The van der Waals surface area contributed by atoms with Gasteiger partial charge in [-0.3, -0.25) is 14.6 Å². The lowest BCUT2D eigenvalue weighted by atomic mass is 10.1. The molecule has 1 atom stereocenters. The normalized spacial score (nSPS) is 11.2. The van der Waals surface area contributed by atoms with E-state index < -0.39 is 24.0 Å². The first kappa shape index (κ1) is 20.9. The molecule has 0 bridgehead atoms. The van der Waals surface area contributed by atoms with E-state index in [1.165, 1.54) is 0 Å². The molecule has 0 aliphatic rings. The summed E-state index contributed by atoms with van der Waals surface area (Å²) < 4.78 is 10.00. The molecule has 1 unspecified atom stereocenters. The van der Waals surface area contributed by atoms with Crippen molar-refractivity contribution in [1.29, 1.82) is 0 Å². The van der Waals surface area contributed by atoms with Crippen LogP contribution in [0.3, 0.4) is 0 Å². The molecule has 0 aliphatic carbocycles. The Kier molecular flexibility index (Phi) is 8.45. The maximum absolute atomic E-state index is 12.2. The fraction of sp³-hybridized carbons (Fsp3) is 0.300. The third-order valence-electron chi connectivity index (χ3n) is 3.70. The van der Waals surface area contributed by atoms with Crippen molar-refractivity contribution in [3.8, 4) is 0 Å². The van der Waals surface area contributed by atoms with Crippen molar-refractivity contribution >= 4 is 18.0 Å². The number of benzene rings is 1. The number of carbonyl (C=O) groups is 3. The summed E-state index contributed by atoms with van der Waals surface area (Å²) in [5, 5.41) is 5.08. The number of aromatic nitrogens is 1. The summed E-state index contributed by atoms with van der Waals surface area (Å²) in [6.45, 7) is 1.78. The lowest BCUT2D eigenvalue weighted by molar-refractivity contribution is -0.143. The molecule has 0 saturated heterocycles. The van der Waals surface area contributed by atoms with Gasteiger partial charge in [-0.05, 0) is 24.1 Å². The summed E-state index contributed by atoms with van der Waals surface area (Å²) >= 11 is 0. The minimum absolute atomic E-state index is 0.0380. The highest BCUT2D eigenvalue weighted by Crippen LogP contribution is 2.16. The first-order valence-electron chi connectivity index (χ1n) is 8.88. The van der Waals surface area contributed by atoms with Gasteiger partial charge in [0.05, 0.1) is 19.1 Å². The number of rotatable bonds is 9. The molecule has 0 spiro atoms. The van der Waals surface area contributed by atoms with E-state index in [0.29, 0.717) is 5.56 Å². The van der Waals surface area contributed by atoms with Crippen LogP contribution in [0.15, 0.2) is 54.9 Å². The van der Waals surface area contributed by atoms with Gasteiger partial charge < -0.3 is 20.1 Å². The monoisotopic (exact) mass is 385 g/mol. The van der Waals surface area contributed by atoms with Gasteiger partial charge in [-0.25, -0.2) is 4.79 Å². The molecule has 1 aromatic carbocycles. The summed E-state index contributed by atoms with van der Waals surface area (Å²) in [6.07, 6.45) is 2.41. The number of esters is 1. The fourth-order valence-electron chi connectivity index (χ4n) is 2.39. The molecule has 0 radical (unpaired) electrons. The van der Waals surface area contributed by atoms with Gasteiger partial charge in [-0.15, -0.1) is 0 Å². The van der Waals surface area contributed by atoms with Crippen molar-refractivity contribution in [2.75, 3.05) is 13.2 Å². The van der Waals surface area contributed by atoms with Crippen LogP contribution >= 0.6 is 0 Å². The second-order valence-electron chi connectivity index (χ2n) is 5.83. The van der Waals surface area contributed by atoms with Gasteiger partial charge in [-0.1, -0.05) is 36.4 Å². The number of carbonyl (C=O) groups excluding carboxylic acids is 3. The van der Waals surface area contributed by atoms with E-state index in [9.17, 15) is 14.4 Å². The predicted octanol–water partition coefficient (Wildman–Crippen LogP) is 2.12. The molecule has 0 fully saturated rings. The van der Waals surface area contributed by atoms with E-state index in [2.05, 4.69) is 15.6 Å². The van der Waals surface area contributed by atoms with Gasteiger partial charge in [-0.2, -0.15) is 0 Å². The van der Waals surface area contributed by atoms with Gasteiger partial charge in [0, 0.05) is 12.4 Å². The Labute approximate surface area is 163 Å². The Balaban J connectivity index is 1.83. The minimum Gasteiger partial charge on any atom is -0.466 e. The van der Waals surface area contributed by atoms with E-state index in [1.807, 2.05) is 30.3 Å². The number of ether oxygens (including phenoxy) is 2. The predicted molar refractivity (Wildman–Crippen MR) is 101 cm³/mol. The minimum atomic E-state index is -0.706. The molecule has 8 heteroatoms. The molecule has 1 heterocycles. The summed E-state index contributed by atoms with van der Waals surface area (Å²) in [7, 11) is 0. The Hall–Kier alpha value is -3.42. The number of nitrogens with one attached hydrogen (secondary N) is 2. The van der Waals surface area contributed by atoms with Gasteiger partial charge in [0.15, 0.2) is 0 Å². The Morgan fingerprint density at radius 2 is 1.86 bits per heavy atom. The van der Waals surface area contributed by atoms with Crippen molar-refractivity contribution in [1.82, 2.24) is 15.6 Å². The van der Waals surface area contributed by atoms with E-state index in [1.54, 1.807) is 31.5 Å². The molecule has 8 nitrogen and oxygen atoms in total. The summed E-state index contributed by atoms with van der Waals surface area (Å²) in [5.74, 6) is -0.901. The Morgan fingerprint density at radius 3 is 2.54 bits per heavy atom. The van der Waals surface area contributed by atoms with Crippen molar-refractivity contribution < 1.29 is 23.9 Å². The van der Waals surface area contributed by atoms with E-state index in [4.69, 9.17) is 9.47 Å². The van der Waals surface area contributed by atoms with Crippen LogP contribution < -0.4 is 10.6 Å². The first-order valence-corrected chi connectivity index (χ1v) is 8.88. The standard InChI is InChI=1S/C20H23N3O5/c1-2-27-19(25)11-17(16-9-6-10-21-12-16)23-18(24)13-22-20(26)28-14-15-7-4-3-5-8-15/h3-10,12,17H,2,11,13-14H2,1H3,(H,22,26)(H,23,24). The van der Waals surface area contributed by atoms with Crippen molar-refractivity contribution in [2.45, 2.75) is 26.0 Å². The maximum Gasteiger partial charge on any atom is 0.407 e. The lowest BCUT2D eigenvalue weighted by Crippen LogP contribution is -2.39. The fourth-order valence-corrected chi connectivity index (χ4v) is 2.39. The van der Waals surface area contributed by atoms with Crippen LogP contribution in [0.1, 0.15) is 30.5 Å². The molecular formula is C20H23N3O5. The van der Waals surface area contributed by atoms with Crippen molar-refractivity contribution in [2.24, 2.45) is 0 Å². The molecule has 2 aromatic rings. The average molecular weight is 385 g/mol. The topological polar surface area (TPSA) is 107 Å². The van der Waals surface area contributed by atoms with Crippen LogP contribution in [0.5, 0.6) is 0 Å². The van der Waals surface area contributed by atoms with Gasteiger partial charge >= 0.3 is 12.1 Å². The van der Waals surface area contributed by atoms with Gasteiger partial charge in [0.1, 0.15) is 13.2 Å². The smallest absolute Gasteiger partial charge is 0.407 e. The largest absolute Gasteiger partial charge is 0.466 e. The zero-order valence-electron chi connectivity index (χ0n) is 15.6. The molecule has 2 rings (SSSR count). The zero-order chi connectivity index (χ0) is 20.2. The Morgan fingerprint density at radius 1 is 1.07 bits per heavy atom. The third-order valence-corrected chi connectivity index (χ3v) is 3.70. The molecule has 2 N–H and O–H groups in total. The maximum atomic E-state index is 12.2. The highest BCUT2D eigenvalue weighted by atomic mass is 16.5. The Bertz CT molecular complexity index is 768. The number of nitrogens with zero attached hydrogens (tertiary/aromatic N) is 1. The summed E-state index contributed by atoms with van der Waals surface area (Å²) in [5.41, 5.74) is 1.50. The third kappa shape index (κ3) is 7.45. The van der Waals surface area contributed by atoms with Gasteiger partial charge in [0.2, 0.25) is 5.91 Å². The number of hydrogen-bond acceptors (Lipinski definition) is 6. The first-order chi connectivity index (χ1) is 13.6. The second-order valence-corrected chi connectivity index (χ2v) is 5.83. The molecule has 0 aliphatic heterocycles. The van der Waals surface area contributed by atoms with Crippen LogP contribution in [0, 0.1) is 0 Å². The number of amides is 2. The van der Waals surface area contributed by atoms with Crippen molar-refractivity contribution in [3.63, 3.8) is 0 Å². The van der Waals surface area contributed by atoms with Crippen LogP contribution in [0.4, 0.5) is 4.79 Å². The number of hydrogen-bond donors (Lipinski definition) is 2. The quantitative estimate of drug-likeness (QED) is 0.641. The van der Waals surface area contributed by atoms with E-state index in [0.717, 1.165) is 5.56 Å². The number of pyridine rings is 1. The van der Waals surface area contributed by atoms with E-state index in [-0.39, 0.29) is 26.2 Å². The molecule has 0 saturated carbocycles. The summed E-state index contributed by atoms with van der Waals surface area (Å²) in [4.78, 5) is 39.7. The molecule has 148 valence electrons. The van der Waals surface area contributed by atoms with Crippen LogP contribution in [-0.2, 0) is 25.7 Å². The average Bonchev–Trinajstić information content (AvgIpc) is 2.72. The van der Waals surface area contributed by atoms with Crippen molar-refractivity contribution in [3.05, 3.63) is 66.0 Å². The number of alkyl carbamates (subject to hydrolysis) is 1. The van der Waals surface area contributed by atoms with Crippen LogP contribution in [0.25, 0.3) is 0 Å². The molecular weight excluding hydrogens is 362 g/mol. The highest BCUT2D eigenvalue weighted by molar-refractivity contribution is 5.83. The highest BCUT2D eigenvalue weighted by Gasteiger charge is 2.20. The van der Waals surface area contributed by atoms with Gasteiger partial charge in [0.25, 0.3) is 0 Å². The second kappa shape index (κ2) is 11.3. The summed E-state index contributed by atoms with van der Waals surface area (Å²) in [6, 6.07) is 12.0. The van der Waals surface area contributed by atoms with Crippen LogP contribution in [0.2, 0.25) is 0 Å². The molecule has 28 heavy (non-hydrogen) atoms. The molecule has 1 aromatic heterocycles. The van der Waals surface area contributed by atoms with Crippen LogP contribution in [-0.4, -0.2) is 36.1 Å². The molecule has 2 amide bonds.